The fourth-order valence-electron chi connectivity index (χ4n) is 4.91. The average Bonchev–Trinajstić information content (AvgIpc) is 2.86. The zero-order chi connectivity index (χ0) is 26.2. The molecule has 206 valence electrons. The van der Waals surface area contributed by atoms with Crippen molar-refractivity contribution in [3.8, 4) is 5.40 Å². The zero-order valence-corrected chi connectivity index (χ0v) is 26.4. The Morgan fingerprint density at radius 2 is 1.23 bits per heavy atom. The van der Waals surface area contributed by atoms with Crippen LogP contribution < -0.4 is 0 Å². The van der Waals surface area contributed by atoms with E-state index >= 15 is 0 Å². The first-order valence-corrected chi connectivity index (χ1v) is 16.2. The Balaban J connectivity index is 4.86. The number of carbonyl (C=O) groups excluding carboxylic acids is 1. The van der Waals surface area contributed by atoms with Crippen LogP contribution in [0.2, 0.25) is 0 Å². The Bertz CT molecular complexity index is 538. The molecule has 0 aliphatic heterocycles. The van der Waals surface area contributed by atoms with Gasteiger partial charge in [-0.2, -0.15) is 5.26 Å². The third kappa shape index (κ3) is 14.7. The van der Waals surface area contributed by atoms with Crippen LogP contribution in [0.15, 0.2) is 0 Å². The third-order valence-corrected chi connectivity index (χ3v) is 8.13. The summed E-state index contributed by atoms with van der Waals surface area (Å²) < 4.78 is 17.4. The lowest BCUT2D eigenvalue weighted by Crippen LogP contribution is -2.55. The molecule has 5 nitrogen and oxygen atoms in total. The Labute approximate surface area is 224 Å². The fraction of sp³-hybridized carbons (Fsp3) is 0.929. The summed E-state index contributed by atoms with van der Waals surface area (Å²) in [6.07, 6.45) is 20.7. The van der Waals surface area contributed by atoms with Crippen molar-refractivity contribution < 1.29 is 18.7 Å². The maximum absolute atomic E-state index is 13.0. The number of thiocyanates is 1. The SMILES string of the molecule is CCCCCCCCCCCCCCCC(C(CCCC)SC#N)C(OCC)(OCC)C(=O)O[SiH3]. The maximum atomic E-state index is 13.0. The quantitative estimate of drug-likeness (QED) is 0.0529. The van der Waals surface area contributed by atoms with Crippen molar-refractivity contribution in [1.82, 2.24) is 0 Å². The summed E-state index contributed by atoms with van der Waals surface area (Å²) >= 11 is 1.27. The van der Waals surface area contributed by atoms with E-state index in [4.69, 9.17) is 13.9 Å². The highest BCUT2D eigenvalue weighted by Crippen LogP contribution is 2.40. The summed E-state index contributed by atoms with van der Waals surface area (Å²) in [6, 6.07) is 0. The predicted molar refractivity (Wildman–Crippen MR) is 152 cm³/mol. The molecule has 0 radical (unpaired) electrons. The molecule has 0 aromatic carbocycles. The first kappa shape index (κ1) is 34.4. The van der Waals surface area contributed by atoms with Crippen LogP contribution in [0, 0.1) is 16.6 Å². The molecule has 0 aromatic heterocycles. The van der Waals surface area contributed by atoms with Gasteiger partial charge >= 0.3 is 5.97 Å². The first-order chi connectivity index (χ1) is 17.1. The van der Waals surface area contributed by atoms with Crippen molar-refractivity contribution in [2.75, 3.05) is 13.2 Å². The molecule has 0 spiro atoms. The number of hydrogen-bond acceptors (Lipinski definition) is 6. The van der Waals surface area contributed by atoms with Crippen LogP contribution in [0.25, 0.3) is 0 Å². The van der Waals surface area contributed by atoms with Gasteiger partial charge in [-0.25, -0.2) is 4.79 Å². The number of nitriles is 1. The van der Waals surface area contributed by atoms with Crippen molar-refractivity contribution in [2.45, 2.75) is 148 Å². The van der Waals surface area contributed by atoms with Crippen LogP contribution in [0.5, 0.6) is 0 Å². The molecule has 0 N–H and O–H groups in total. The molecule has 0 rings (SSSR count). The normalized spacial score (nSPS) is 13.5. The molecule has 0 aliphatic rings. The van der Waals surface area contributed by atoms with Gasteiger partial charge in [0.25, 0.3) is 5.79 Å². The van der Waals surface area contributed by atoms with Gasteiger partial charge in [0, 0.05) is 24.4 Å². The van der Waals surface area contributed by atoms with E-state index in [0.717, 1.165) is 38.5 Å². The van der Waals surface area contributed by atoms with Crippen LogP contribution >= 0.6 is 11.8 Å². The van der Waals surface area contributed by atoms with Crippen molar-refractivity contribution in [3.05, 3.63) is 0 Å². The van der Waals surface area contributed by atoms with Crippen molar-refractivity contribution in [2.24, 2.45) is 5.92 Å². The van der Waals surface area contributed by atoms with Gasteiger partial charge in [-0.3, -0.25) is 0 Å². The molecule has 2 atom stereocenters. The van der Waals surface area contributed by atoms with Gasteiger partial charge in [-0.15, -0.1) is 0 Å². The molecular formula is C28H55NO4SSi. The smallest absolute Gasteiger partial charge is 0.353 e. The highest BCUT2D eigenvalue weighted by molar-refractivity contribution is 8.04. The fourth-order valence-corrected chi connectivity index (χ4v) is 6.10. The molecule has 35 heavy (non-hydrogen) atoms. The molecular weight excluding hydrogens is 474 g/mol. The Morgan fingerprint density at radius 1 is 0.771 bits per heavy atom. The van der Waals surface area contributed by atoms with E-state index in [1.165, 1.54) is 82.4 Å². The largest absolute Gasteiger partial charge is 0.525 e. The summed E-state index contributed by atoms with van der Waals surface area (Å²) in [5.41, 5.74) is 0. The second-order valence-corrected chi connectivity index (χ2v) is 11.0. The molecule has 0 saturated carbocycles. The monoisotopic (exact) mass is 529 g/mol. The number of rotatable bonds is 25. The van der Waals surface area contributed by atoms with E-state index in [-0.39, 0.29) is 11.2 Å². The lowest BCUT2D eigenvalue weighted by molar-refractivity contribution is -0.262. The van der Waals surface area contributed by atoms with E-state index in [0.29, 0.717) is 23.7 Å². The minimum absolute atomic E-state index is 0.0175. The summed E-state index contributed by atoms with van der Waals surface area (Å²) in [4.78, 5) is 13.0. The molecule has 7 heteroatoms. The molecule has 0 heterocycles. The summed E-state index contributed by atoms with van der Waals surface area (Å²) in [6.45, 7) is 8.92. The van der Waals surface area contributed by atoms with E-state index in [1.54, 1.807) is 0 Å². The van der Waals surface area contributed by atoms with Crippen LogP contribution in [0.4, 0.5) is 0 Å². The Morgan fingerprint density at radius 3 is 1.63 bits per heavy atom. The number of unbranched alkanes of at least 4 members (excludes halogenated alkanes) is 13. The van der Waals surface area contributed by atoms with Crippen molar-refractivity contribution in [1.29, 1.82) is 5.26 Å². The molecule has 2 unspecified atom stereocenters. The summed E-state index contributed by atoms with van der Waals surface area (Å²) in [5, 5.41) is 11.8. The number of hydrogen-bond donors (Lipinski definition) is 0. The van der Waals surface area contributed by atoms with Crippen molar-refractivity contribution in [3.63, 3.8) is 0 Å². The number of ether oxygens (including phenoxy) is 2. The van der Waals surface area contributed by atoms with E-state index in [2.05, 4.69) is 19.2 Å². The second kappa shape index (κ2) is 23.8. The maximum Gasteiger partial charge on any atom is 0.353 e. The third-order valence-electron chi connectivity index (χ3n) is 6.79. The minimum Gasteiger partial charge on any atom is -0.525 e. The summed E-state index contributed by atoms with van der Waals surface area (Å²) in [5.74, 6) is -2.04. The summed E-state index contributed by atoms with van der Waals surface area (Å²) in [7, 11) is 0.291. The topological polar surface area (TPSA) is 68.5 Å². The molecule has 0 aromatic rings. The Kier molecular flexibility index (Phi) is 23.4. The predicted octanol–water partition coefficient (Wildman–Crippen LogP) is 7.45. The van der Waals surface area contributed by atoms with E-state index in [9.17, 15) is 10.1 Å². The van der Waals surface area contributed by atoms with Gasteiger partial charge in [0.1, 0.15) is 5.40 Å². The number of carbonyl (C=O) groups is 1. The molecule has 0 fully saturated rings. The first-order valence-electron chi connectivity index (χ1n) is 14.5. The molecule has 0 saturated heterocycles. The van der Waals surface area contributed by atoms with E-state index < -0.39 is 11.8 Å². The van der Waals surface area contributed by atoms with Crippen molar-refractivity contribution >= 4 is 28.2 Å². The average molecular weight is 530 g/mol. The van der Waals surface area contributed by atoms with Crippen LogP contribution in [-0.2, 0) is 18.7 Å². The lowest BCUT2D eigenvalue weighted by Gasteiger charge is -2.40. The highest BCUT2D eigenvalue weighted by atomic mass is 32.2. The van der Waals surface area contributed by atoms with E-state index in [1.807, 2.05) is 13.8 Å². The van der Waals surface area contributed by atoms with Gasteiger partial charge in [0.2, 0.25) is 10.5 Å². The van der Waals surface area contributed by atoms with Crippen LogP contribution in [0.3, 0.4) is 0 Å². The molecule has 0 aliphatic carbocycles. The highest BCUT2D eigenvalue weighted by Gasteiger charge is 2.51. The molecule has 0 amide bonds. The molecule has 0 bridgehead atoms. The van der Waals surface area contributed by atoms with Gasteiger partial charge in [0.05, 0.1) is 0 Å². The van der Waals surface area contributed by atoms with Gasteiger partial charge in [-0.05, 0) is 38.5 Å². The van der Waals surface area contributed by atoms with Crippen LogP contribution in [0.1, 0.15) is 137 Å². The Hall–Kier alpha value is -0.553. The minimum atomic E-state index is -1.41. The second-order valence-electron chi connectivity index (χ2n) is 9.55. The van der Waals surface area contributed by atoms with Gasteiger partial charge in [0.15, 0.2) is 0 Å². The van der Waals surface area contributed by atoms with Gasteiger partial charge < -0.3 is 13.9 Å². The standard InChI is InChI=1S/C28H55NO4SSi/c1-5-9-11-12-13-14-15-16-17-18-19-20-21-22-25(26(34-24-29)23-10-6-2)28(31-7-3,32-8-4)27(30)33-35/h25-26H,5-23H2,1-4,35H3. The zero-order valence-electron chi connectivity index (χ0n) is 23.6. The van der Waals surface area contributed by atoms with Gasteiger partial charge in [-0.1, -0.05) is 110 Å². The number of thioether (sulfide) groups is 1. The lowest BCUT2D eigenvalue weighted by atomic mass is 9.86. The van der Waals surface area contributed by atoms with Crippen LogP contribution in [-0.4, -0.2) is 40.7 Å². The number of nitrogens with zero attached hydrogens (tertiary/aromatic N) is 1.